The highest BCUT2D eigenvalue weighted by molar-refractivity contribution is 5.95. The molecule has 0 aliphatic carbocycles. The monoisotopic (exact) mass is 420 g/mol. The number of carboxylic acids is 1. The van der Waals surface area contributed by atoms with Gasteiger partial charge in [-0.25, -0.2) is 14.4 Å². The Labute approximate surface area is 178 Å². The van der Waals surface area contributed by atoms with E-state index < -0.39 is 18.2 Å². The van der Waals surface area contributed by atoms with Gasteiger partial charge < -0.3 is 14.6 Å². The van der Waals surface area contributed by atoms with Gasteiger partial charge in [-0.05, 0) is 29.3 Å². The first kappa shape index (κ1) is 21.4. The minimum Gasteiger partial charge on any atom is -0.478 e. The Hall–Kier alpha value is -4.33. The lowest BCUT2D eigenvalue weighted by atomic mass is 10.1. The fourth-order valence-electron chi connectivity index (χ4n) is 2.65. The molecule has 3 aromatic rings. The zero-order valence-corrected chi connectivity index (χ0v) is 16.4. The number of ether oxygens (including phenoxy) is 2. The minimum atomic E-state index is -1.22. The van der Waals surface area contributed by atoms with Crippen molar-refractivity contribution in [2.75, 3.05) is 10.6 Å². The quantitative estimate of drug-likeness (QED) is 0.502. The van der Waals surface area contributed by atoms with Gasteiger partial charge in [0, 0.05) is 11.4 Å². The van der Waals surface area contributed by atoms with Gasteiger partial charge in [0.05, 0.1) is 5.56 Å². The van der Waals surface area contributed by atoms with E-state index in [1.165, 1.54) is 18.2 Å². The highest BCUT2D eigenvalue weighted by Gasteiger charge is 2.12. The lowest BCUT2D eigenvalue weighted by Gasteiger charge is -2.11. The normalized spacial score (nSPS) is 10.1. The van der Waals surface area contributed by atoms with Crippen molar-refractivity contribution in [3.05, 3.63) is 95.6 Å². The van der Waals surface area contributed by atoms with Crippen molar-refractivity contribution in [3.8, 4) is 0 Å². The lowest BCUT2D eigenvalue weighted by molar-refractivity contribution is 0.0696. The molecule has 0 aliphatic heterocycles. The lowest BCUT2D eigenvalue weighted by Crippen LogP contribution is -2.16. The summed E-state index contributed by atoms with van der Waals surface area (Å²) in [6.45, 7) is 0.116. The molecule has 0 saturated carbocycles. The fraction of sp³-hybridized carbons (Fsp3) is 0.0870. The average molecular weight is 420 g/mol. The second-order valence-corrected chi connectivity index (χ2v) is 6.48. The van der Waals surface area contributed by atoms with Crippen LogP contribution in [0.3, 0.4) is 0 Å². The second kappa shape index (κ2) is 10.4. The first-order valence-corrected chi connectivity index (χ1v) is 9.33. The Balaban J connectivity index is 1.62. The van der Waals surface area contributed by atoms with E-state index in [0.29, 0.717) is 0 Å². The summed E-state index contributed by atoms with van der Waals surface area (Å²) >= 11 is 0. The molecule has 0 fully saturated rings. The summed E-state index contributed by atoms with van der Waals surface area (Å²) < 4.78 is 10.3. The number of carboxylic acid groups (broad SMARTS) is 1. The largest absolute Gasteiger partial charge is 0.478 e. The molecule has 0 unspecified atom stereocenters. The molecule has 0 bridgehead atoms. The van der Waals surface area contributed by atoms with Crippen molar-refractivity contribution in [1.29, 1.82) is 0 Å². The molecule has 8 heteroatoms. The second-order valence-electron chi connectivity index (χ2n) is 6.48. The van der Waals surface area contributed by atoms with Crippen molar-refractivity contribution < 1.29 is 29.0 Å². The van der Waals surface area contributed by atoms with Gasteiger partial charge >= 0.3 is 18.2 Å². The Kier molecular flexibility index (Phi) is 7.21. The van der Waals surface area contributed by atoms with E-state index in [2.05, 4.69) is 10.6 Å². The van der Waals surface area contributed by atoms with E-state index in [9.17, 15) is 19.5 Å². The van der Waals surface area contributed by atoms with E-state index in [1.54, 1.807) is 24.3 Å². The standard InChI is InChI=1S/C23H20N2O6/c26-21(27)18-11-19(24-22(28)30-14-16-7-3-1-4-8-16)13-20(12-18)25-23(29)31-15-17-9-5-2-6-10-17/h1-13H,14-15H2,(H,24,28)(H,25,29)(H,26,27). The third-order valence-corrected chi connectivity index (χ3v) is 4.10. The van der Waals surface area contributed by atoms with E-state index in [4.69, 9.17) is 9.47 Å². The van der Waals surface area contributed by atoms with Gasteiger partial charge in [0.25, 0.3) is 0 Å². The first-order chi connectivity index (χ1) is 15.0. The Bertz CT molecular complexity index is 978. The molecule has 3 aromatic carbocycles. The molecule has 3 N–H and O–H groups in total. The van der Waals surface area contributed by atoms with Crippen LogP contribution in [-0.4, -0.2) is 23.3 Å². The van der Waals surface area contributed by atoms with Gasteiger partial charge in [-0.3, -0.25) is 10.6 Å². The number of hydrogen-bond acceptors (Lipinski definition) is 5. The molecule has 8 nitrogen and oxygen atoms in total. The SMILES string of the molecule is O=C(Nc1cc(NC(=O)OCc2ccccc2)cc(C(=O)O)c1)OCc1ccccc1. The number of rotatable bonds is 7. The molecule has 0 radical (unpaired) electrons. The van der Waals surface area contributed by atoms with E-state index in [1.807, 2.05) is 36.4 Å². The van der Waals surface area contributed by atoms with Gasteiger partial charge in [-0.15, -0.1) is 0 Å². The molecule has 0 heterocycles. The van der Waals surface area contributed by atoms with Crippen LogP contribution in [0.2, 0.25) is 0 Å². The molecular weight excluding hydrogens is 400 g/mol. The molecule has 0 spiro atoms. The molecule has 0 aliphatic rings. The van der Waals surface area contributed by atoms with Gasteiger partial charge in [0.1, 0.15) is 13.2 Å². The van der Waals surface area contributed by atoms with Gasteiger partial charge in [0.15, 0.2) is 0 Å². The van der Waals surface area contributed by atoms with Crippen molar-refractivity contribution in [3.63, 3.8) is 0 Å². The van der Waals surface area contributed by atoms with Crippen molar-refractivity contribution >= 4 is 29.5 Å². The van der Waals surface area contributed by atoms with Crippen LogP contribution in [0, 0.1) is 0 Å². The molecule has 31 heavy (non-hydrogen) atoms. The van der Waals surface area contributed by atoms with Crippen LogP contribution in [-0.2, 0) is 22.7 Å². The number of amides is 2. The number of carbonyl (C=O) groups excluding carboxylic acids is 2. The molecular formula is C23H20N2O6. The first-order valence-electron chi connectivity index (χ1n) is 9.33. The zero-order valence-electron chi connectivity index (χ0n) is 16.4. The van der Waals surface area contributed by atoms with Crippen LogP contribution in [0.5, 0.6) is 0 Å². The maximum Gasteiger partial charge on any atom is 0.411 e. The summed E-state index contributed by atoms with van der Waals surface area (Å²) in [4.78, 5) is 35.5. The van der Waals surface area contributed by atoms with Crippen molar-refractivity contribution in [2.24, 2.45) is 0 Å². The van der Waals surface area contributed by atoms with Crippen LogP contribution in [0.15, 0.2) is 78.9 Å². The van der Waals surface area contributed by atoms with Crippen LogP contribution >= 0.6 is 0 Å². The number of nitrogens with one attached hydrogen (secondary N) is 2. The predicted octanol–water partition coefficient (Wildman–Crippen LogP) is 4.88. The highest BCUT2D eigenvalue weighted by atomic mass is 16.6. The molecule has 0 atom stereocenters. The summed E-state index contributed by atoms with van der Waals surface area (Å²) in [6.07, 6.45) is -1.52. The molecule has 0 saturated heterocycles. The van der Waals surface area contributed by atoms with Crippen LogP contribution in [0.1, 0.15) is 21.5 Å². The Morgan fingerprint density at radius 1 is 0.677 bits per heavy atom. The van der Waals surface area contributed by atoms with Gasteiger partial charge in [0.2, 0.25) is 0 Å². The Morgan fingerprint density at radius 3 is 1.48 bits per heavy atom. The van der Waals surface area contributed by atoms with Gasteiger partial charge in [-0.1, -0.05) is 60.7 Å². The summed E-state index contributed by atoms with van der Waals surface area (Å²) in [5.74, 6) is -1.22. The number of carbonyl (C=O) groups is 3. The maximum absolute atomic E-state index is 12.1. The topological polar surface area (TPSA) is 114 Å². The fourth-order valence-corrected chi connectivity index (χ4v) is 2.65. The third kappa shape index (κ3) is 6.90. The molecule has 3 rings (SSSR count). The summed E-state index contributed by atoms with van der Waals surface area (Å²) in [5.41, 5.74) is 1.78. The molecule has 2 amide bonds. The number of aromatic carboxylic acids is 1. The van der Waals surface area contributed by atoms with Crippen LogP contribution in [0.25, 0.3) is 0 Å². The van der Waals surface area contributed by atoms with Crippen LogP contribution < -0.4 is 10.6 Å². The third-order valence-electron chi connectivity index (χ3n) is 4.10. The average Bonchev–Trinajstić information content (AvgIpc) is 2.77. The summed E-state index contributed by atoms with van der Waals surface area (Å²) in [6, 6.07) is 22.1. The predicted molar refractivity (Wildman–Crippen MR) is 114 cm³/mol. The van der Waals surface area contributed by atoms with Crippen LogP contribution in [0.4, 0.5) is 21.0 Å². The summed E-state index contributed by atoms with van der Waals surface area (Å²) in [7, 11) is 0. The molecule has 0 aromatic heterocycles. The smallest absolute Gasteiger partial charge is 0.411 e. The van der Waals surface area contributed by atoms with E-state index in [-0.39, 0.29) is 30.2 Å². The minimum absolute atomic E-state index is 0.0578. The number of benzene rings is 3. The number of hydrogen-bond donors (Lipinski definition) is 3. The summed E-state index contributed by atoms with van der Waals surface area (Å²) in [5, 5.41) is 14.2. The van der Waals surface area contributed by atoms with E-state index in [0.717, 1.165) is 11.1 Å². The highest BCUT2D eigenvalue weighted by Crippen LogP contribution is 2.20. The van der Waals surface area contributed by atoms with E-state index >= 15 is 0 Å². The number of anilines is 2. The zero-order chi connectivity index (χ0) is 22.1. The Morgan fingerprint density at radius 2 is 1.10 bits per heavy atom. The van der Waals surface area contributed by atoms with Crippen molar-refractivity contribution in [1.82, 2.24) is 0 Å². The van der Waals surface area contributed by atoms with Gasteiger partial charge in [-0.2, -0.15) is 0 Å². The maximum atomic E-state index is 12.1. The molecule has 158 valence electrons. The van der Waals surface area contributed by atoms with Crippen molar-refractivity contribution in [2.45, 2.75) is 13.2 Å².